The first-order valence-corrected chi connectivity index (χ1v) is 7.52. The van der Waals surface area contributed by atoms with Gasteiger partial charge in [-0.2, -0.15) is 5.10 Å². The van der Waals surface area contributed by atoms with Crippen molar-refractivity contribution in [1.29, 1.82) is 0 Å². The highest BCUT2D eigenvalue weighted by atomic mass is 15.3. The highest BCUT2D eigenvalue weighted by Crippen LogP contribution is 2.21. The zero-order valence-electron chi connectivity index (χ0n) is 12.1. The molecule has 0 spiro atoms. The molecule has 0 atom stereocenters. The Bertz CT molecular complexity index is 596. The minimum absolute atomic E-state index is 0.380. The lowest BCUT2D eigenvalue weighted by atomic mass is 9.96. The Morgan fingerprint density at radius 1 is 1.19 bits per heavy atom. The van der Waals surface area contributed by atoms with Gasteiger partial charge in [-0.05, 0) is 25.0 Å². The highest BCUT2D eigenvalue weighted by molar-refractivity contribution is 5.98. The van der Waals surface area contributed by atoms with Gasteiger partial charge in [-0.3, -0.25) is 4.99 Å². The maximum Gasteiger partial charge on any atom is 0.146 e. The van der Waals surface area contributed by atoms with Crippen molar-refractivity contribution in [2.75, 3.05) is 0 Å². The van der Waals surface area contributed by atoms with Crippen molar-refractivity contribution in [3.05, 3.63) is 48.3 Å². The third kappa shape index (κ3) is 3.31. The van der Waals surface area contributed by atoms with E-state index in [0.29, 0.717) is 6.04 Å². The van der Waals surface area contributed by atoms with Crippen LogP contribution in [0.3, 0.4) is 0 Å². The summed E-state index contributed by atoms with van der Waals surface area (Å²) in [4.78, 5) is 4.76. The first-order valence-electron chi connectivity index (χ1n) is 7.52. The number of para-hydroxylation sites is 1. The summed E-state index contributed by atoms with van der Waals surface area (Å²) in [5.74, 6) is 6.38. The van der Waals surface area contributed by atoms with Crippen LogP contribution in [0.4, 0.5) is 0 Å². The Morgan fingerprint density at radius 2 is 1.95 bits per heavy atom. The predicted octanol–water partition coefficient (Wildman–Crippen LogP) is 2.41. The molecule has 1 aliphatic rings. The normalized spacial score (nSPS) is 16.9. The number of amidine groups is 1. The fourth-order valence-corrected chi connectivity index (χ4v) is 2.75. The molecule has 0 radical (unpaired) electrons. The van der Waals surface area contributed by atoms with Gasteiger partial charge in [0, 0.05) is 6.20 Å². The summed E-state index contributed by atoms with van der Waals surface area (Å²) in [5.41, 5.74) is 4.68. The SMILES string of the molecule is NNC(=NC1CCCCC1)c1cnn(-c2ccccc2)c1. The van der Waals surface area contributed by atoms with E-state index in [1.165, 1.54) is 19.3 Å². The van der Waals surface area contributed by atoms with E-state index in [2.05, 4.69) is 10.5 Å². The van der Waals surface area contributed by atoms with Crippen LogP contribution in [0.15, 0.2) is 47.7 Å². The van der Waals surface area contributed by atoms with Crippen LogP contribution in [0.25, 0.3) is 5.69 Å². The van der Waals surface area contributed by atoms with Gasteiger partial charge >= 0.3 is 0 Å². The highest BCUT2D eigenvalue weighted by Gasteiger charge is 2.14. The quantitative estimate of drug-likeness (QED) is 0.393. The third-order valence-corrected chi connectivity index (χ3v) is 3.90. The Hall–Kier alpha value is -2.14. The molecule has 110 valence electrons. The molecule has 2 aromatic rings. The summed E-state index contributed by atoms with van der Waals surface area (Å²) in [7, 11) is 0. The van der Waals surface area contributed by atoms with Crippen molar-refractivity contribution in [3.63, 3.8) is 0 Å². The van der Waals surface area contributed by atoms with E-state index in [1.807, 2.05) is 41.2 Å². The van der Waals surface area contributed by atoms with Crippen LogP contribution in [0, 0.1) is 0 Å². The van der Waals surface area contributed by atoms with Gasteiger partial charge in [-0.1, -0.05) is 37.5 Å². The third-order valence-electron chi connectivity index (χ3n) is 3.90. The molecule has 1 heterocycles. The number of nitrogens with two attached hydrogens (primary N) is 1. The van der Waals surface area contributed by atoms with Crippen molar-refractivity contribution < 1.29 is 0 Å². The van der Waals surface area contributed by atoms with E-state index >= 15 is 0 Å². The van der Waals surface area contributed by atoms with Crippen LogP contribution in [-0.2, 0) is 0 Å². The first kappa shape index (κ1) is 13.8. The number of hydrogen-bond donors (Lipinski definition) is 2. The molecule has 0 aliphatic heterocycles. The molecule has 0 bridgehead atoms. The molecule has 3 N–H and O–H groups in total. The number of rotatable bonds is 3. The summed E-state index contributed by atoms with van der Waals surface area (Å²) >= 11 is 0. The number of nitrogens with one attached hydrogen (secondary N) is 1. The zero-order valence-corrected chi connectivity index (χ0v) is 12.1. The van der Waals surface area contributed by atoms with E-state index < -0.39 is 0 Å². The van der Waals surface area contributed by atoms with E-state index in [9.17, 15) is 0 Å². The van der Waals surface area contributed by atoms with Crippen molar-refractivity contribution in [2.45, 2.75) is 38.1 Å². The lowest BCUT2D eigenvalue weighted by molar-refractivity contribution is 0.442. The van der Waals surface area contributed by atoms with Gasteiger partial charge in [0.05, 0.1) is 23.5 Å². The number of nitrogens with zero attached hydrogens (tertiary/aromatic N) is 3. The summed E-state index contributed by atoms with van der Waals surface area (Å²) in [5, 5.41) is 4.39. The van der Waals surface area contributed by atoms with E-state index in [-0.39, 0.29) is 0 Å². The van der Waals surface area contributed by atoms with Crippen molar-refractivity contribution in [2.24, 2.45) is 10.8 Å². The van der Waals surface area contributed by atoms with Gasteiger partial charge in [0.1, 0.15) is 5.84 Å². The second kappa shape index (κ2) is 6.54. The molecule has 0 saturated heterocycles. The van der Waals surface area contributed by atoms with E-state index in [1.54, 1.807) is 6.20 Å². The van der Waals surface area contributed by atoms with Gasteiger partial charge < -0.3 is 5.43 Å². The molecule has 1 saturated carbocycles. The maximum atomic E-state index is 5.65. The summed E-state index contributed by atoms with van der Waals surface area (Å²) < 4.78 is 1.84. The molecule has 0 unspecified atom stereocenters. The first-order chi connectivity index (χ1) is 10.4. The predicted molar refractivity (Wildman–Crippen MR) is 84.3 cm³/mol. The standard InChI is InChI=1S/C16H21N5/c17-20-16(19-14-7-3-1-4-8-14)13-11-18-21(12-13)15-9-5-2-6-10-15/h2,5-6,9-12,14H,1,3-4,7-8,17H2,(H,19,20). The Labute approximate surface area is 124 Å². The Morgan fingerprint density at radius 3 is 2.67 bits per heavy atom. The largest absolute Gasteiger partial charge is 0.308 e. The van der Waals surface area contributed by atoms with Crippen LogP contribution >= 0.6 is 0 Å². The fourth-order valence-electron chi connectivity index (χ4n) is 2.75. The fraction of sp³-hybridized carbons (Fsp3) is 0.375. The van der Waals surface area contributed by atoms with Crippen LogP contribution < -0.4 is 11.3 Å². The summed E-state index contributed by atoms with van der Waals surface area (Å²) in [6.45, 7) is 0. The summed E-state index contributed by atoms with van der Waals surface area (Å²) in [6.07, 6.45) is 9.90. The summed E-state index contributed by atoms with van der Waals surface area (Å²) in [6, 6.07) is 10.4. The van der Waals surface area contributed by atoms with Gasteiger partial charge in [-0.25, -0.2) is 10.5 Å². The molecular weight excluding hydrogens is 262 g/mol. The van der Waals surface area contributed by atoms with Crippen molar-refractivity contribution in [1.82, 2.24) is 15.2 Å². The number of benzene rings is 1. The van der Waals surface area contributed by atoms with Crippen LogP contribution in [0.5, 0.6) is 0 Å². The molecular formula is C16H21N5. The van der Waals surface area contributed by atoms with Crippen LogP contribution in [0.1, 0.15) is 37.7 Å². The Balaban J connectivity index is 1.81. The van der Waals surface area contributed by atoms with E-state index in [0.717, 1.165) is 29.9 Å². The monoisotopic (exact) mass is 283 g/mol. The minimum atomic E-state index is 0.380. The molecule has 3 rings (SSSR count). The van der Waals surface area contributed by atoms with Gasteiger partial charge in [-0.15, -0.1) is 0 Å². The lowest BCUT2D eigenvalue weighted by Crippen LogP contribution is -2.32. The Kier molecular flexibility index (Phi) is 4.31. The van der Waals surface area contributed by atoms with Gasteiger partial charge in [0.25, 0.3) is 0 Å². The molecule has 1 aromatic heterocycles. The molecule has 21 heavy (non-hydrogen) atoms. The van der Waals surface area contributed by atoms with Crippen LogP contribution in [-0.4, -0.2) is 21.7 Å². The maximum absolute atomic E-state index is 5.65. The average molecular weight is 283 g/mol. The second-order valence-corrected chi connectivity index (χ2v) is 5.42. The van der Waals surface area contributed by atoms with Gasteiger partial charge in [0.2, 0.25) is 0 Å². The molecule has 1 aromatic carbocycles. The number of hydrogen-bond acceptors (Lipinski definition) is 3. The molecule has 0 amide bonds. The molecule has 1 fully saturated rings. The molecule has 5 nitrogen and oxygen atoms in total. The number of aromatic nitrogens is 2. The smallest absolute Gasteiger partial charge is 0.146 e. The zero-order chi connectivity index (χ0) is 14.5. The average Bonchev–Trinajstić information content (AvgIpc) is 3.04. The molecule has 1 aliphatic carbocycles. The molecule has 5 heteroatoms. The van der Waals surface area contributed by atoms with Gasteiger partial charge in [0.15, 0.2) is 0 Å². The number of aliphatic imine (C=N–C) groups is 1. The van der Waals surface area contributed by atoms with Crippen molar-refractivity contribution >= 4 is 5.84 Å². The lowest BCUT2D eigenvalue weighted by Gasteiger charge is -2.18. The minimum Gasteiger partial charge on any atom is -0.308 e. The topological polar surface area (TPSA) is 68.2 Å². The van der Waals surface area contributed by atoms with E-state index in [4.69, 9.17) is 10.8 Å². The van der Waals surface area contributed by atoms with Crippen LogP contribution in [0.2, 0.25) is 0 Å². The number of hydrazine groups is 1. The second-order valence-electron chi connectivity index (χ2n) is 5.42. The van der Waals surface area contributed by atoms with Crippen molar-refractivity contribution in [3.8, 4) is 5.69 Å².